The van der Waals surface area contributed by atoms with E-state index < -0.39 is 0 Å². The molecule has 130 valence electrons. The molecule has 25 heavy (non-hydrogen) atoms. The highest BCUT2D eigenvalue weighted by atomic mass is 16.5. The van der Waals surface area contributed by atoms with Gasteiger partial charge in [-0.15, -0.1) is 0 Å². The van der Waals surface area contributed by atoms with Crippen molar-refractivity contribution in [3.05, 3.63) is 76.9 Å². The lowest BCUT2D eigenvalue weighted by Gasteiger charge is -2.28. The summed E-state index contributed by atoms with van der Waals surface area (Å²) in [5, 5.41) is 0. The van der Waals surface area contributed by atoms with Crippen molar-refractivity contribution in [2.75, 3.05) is 19.7 Å². The largest absolute Gasteiger partial charge is 0.462 e. The number of likely N-dealkylation sites (tertiary alicyclic amines) is 1. The molecular weight excluding hydrogens is 310 g/mol. The normalized spacial score (nSPS) is 15.0. The van der Waals surface area contributed by atoms with Gasteiger partial charge in [-0.3, -0.25) is 4.90 Å². The molecule has 0 aromatic heterocycles. The SMILES string of the molecule is CCOC(=O)c1ccc(C=C2CCN(Cc3ccccc3)CC2)cc1. The van der Waals surface area contributed by atoms with E-state index in [1.54, 1.807) is 0 Å². The number of carbonyl (C=O) groups excluding carboxylic acids is 1. The third-order valence-corrected chi connectivity index (χ3v) is 4.54. The van der Waals surface area contributed by atoms with Crippen molar-refractivity contribution in [3.8, 4) is 0 Å². The van der Waals surface area contributed by atoms with E-state index in [-0.39, 0.29) is 5.97 Å². The summed E-state index contributed by atoms with van der Waals surface area (Å²) >= 11 is 0. The number of ether oxygens (including phenoxy) is 1. The van der Waals surface area contributed by atoms with E-state index in [1.807, 2.05) is 31.2 Å². The number of piperidine rings is 1. The van der Waals surface area contributed by atoms with E-state index in [0.717, 1.165) is 38.0 Å². The van der Waals surface area contributed by atoms with Gasteiger partial charge in [0.15, 0.2) is 0 Å². The van der Waals surface area contributed by atoms with Crippen LogP contribution in [0.25, 0.3) is 6.08 Å². The van der Waals surface area contributed by atoms with Gasteiger partial charge in [0.2, 0.25) is 0 Å². The Kier molecular flexibility index (Phi) is 6.02. The van der Waals surface area contributed by atoms with Crippen LogP contribution in [0, 0.1) is 0 Å². The van der Waals surface area contributed by atoms with Crippen molar-refractivity contribution in [3.63, 3.8) is 0 Å². The van der Waals surface area contributed by atoms with Crippen molar-refractivity contribution in [1.29, 1.82) is 0 Å². The van der Waals surface area contributed by atoms with Crippen LogP contribution in [-0.4, -0.2) is 30.6 Å². The Labute approximate surface area is 149 Å². The van der Waals surface area contributed by atoms with Gasteiger partial charge in [-0.1, -0.05) is 54.1 Å². The predicted molar refractivity (Wildman–Crippen MR) is 101 cm³/mol. The second kappa shape index (κ2) is 8.63. The van der Waals surface area contributed by atoms with Crippen LogP contribution in [-0.2, 0) is 11.3 Å². The van der Waals surface area contributed by atoms with E-state index in [2.05, 4.69) is 41.3 Å². The Morgan fingerprint density at radius 3 is 2.36 bits per heavy atom. The fourth-order valence-electron chi connectivity index (χ4n) is 3.15. The maximum absolute atomic E-state index is 11.7. The fourth-order valence-corrected chi connectivity index (χ4v) is 3.15. The second-order valence-corrected chi connectivity index (χ2v) is 6.41. The number of esters is 1. The van der Waals surface area contributed by atoms with Crippen LogP contribution in [0.15, 0.2) is 60.2 Å². The summed E-state index contributed by atoms with van der Waals surface area (Å²) in [6, 6.07) is 18.3. The summed E-state index contributed by atoms with van der Waals surface area (Å²) in [6.07, 6.45) is 4.47. The van der Waals surface area contributed by atoms with Crippen LogP contribution in [0.4, 0.5) is 0 Å². The average Bonchev–Trinajstić information content (AvgIpc) is 2.65. The minimum Gasteiger partial charge on any atom is -0.462 e. The molecule has 0 unspecified atom stereocenters. The minimum absolute atomic E-state index is 0.254. The summed E-state index contributed by atoms with van der Waals surface area (Å²) in [5.74, 6) is -0.254. The molecule has 1 heterocycles. The van der Waals surface area contributed by atoms with E-state index in [0.29, 0.717) is 12.2 Å². The first-order chi connectivity index (χ1) is 12.2. The highest BCUT2D eigenvalue weighted by Gasteiger charge is 2.14. The molecule has 0 spiro atoms. The molecule has 0 atom stereocenters. The van der Waals surface area contributed by atoms with Crippen molar-refractivity contribution >= 4 is 12.0 Å². The summed E-state index contributed by atoms with van der Waals surface area (Å²) in [6.45, 7) is 5.45. The number of benzene rings is 2. The first-order valence-corrected chi connectivity index (χ1v) is 8.97. The Bertz CT molecular complexity index is 709. The van der Waals surface area contributed by atoms with Crippen LogP contribution >= 0.6 is 0 Å². The topological polar surface area (TPSA) is 29.5 Å². The Balaban J connectivity index is 1.54. The number of rotatable bonds is 5. The molecule has 3 nitrogen and oxygen atoms in total. The number of nitrogens with zero attached hydrogens (tertiary/aromatic N) is 1. The van der Waals surface area contributed by atoms with Crippen LogP contribution in [0.1, 0.15) is 41.3 Å². The van der Waals surface area contributed by atoms with Crippen LogP contribution in [0.2, 0.25) is 0 Å². The lowest BCUT2D eigenvalue weighted by molar-refractivity contribution is 0.0526. The summed E-state index contributed by atoms with van der Waals surface area (Å²) in [5.41, 5.74) is 4.62. The van der Waals surface area contributed by atoms with Gasteiger partial charge in [0.05, 0.1) is 12.2 Å². The minimum atomic E-state index is -0.254. The zero-order valence-electron chi connectivity index (χ0n) is 14.8. The molecule has 1 aliphatic heterocycles. The van der Waals surface area contributed by atoms with Crippen LogP contribution < -0.4 is 0 Å². The van der Waals surface area contributed by atoms with Gasteiger partial charge in [0.25, 0.3) is 0 Å². The molecule has 3 heteroatoms. The standard InChI is InChI=1S/C22H25NO2/c1-2-25-22(24)21-10-8-18(9-11-21)16-19-12-14-23(15-13-19)17-20-6-4-3-5-7-20/h3-11,16H,2,12-15,17H2,1H3. The molecule has 0 N–H and O–H groups in total. The molecule has 2 aromatic carbocycles. The summed E-state index contributed by atoms with van der Waals surface area (Å²) in [4.78, 5) is 14.2. The van der Waals surface area contributed by atoms with Gasteiger partial charge < -0.3 is 4.74 Å². The Hall–Kier alpha value is -2.39. The molecular formula is C22H25NO2. The molecule has 1 saturated heterocycles. The van der Waals surface area contributed by atoms with E-state index in [9.17, 15) is 4.79 Å². The van der Waals surface area contributed by atoms with Gasteiger partial charge in [-0.05, 0) is 43.0 Å². The maximum atomic E-state index is 11.7. The third kappa shape index (κ3) is 5.04. The van der Waals surface area contributed by atoms with E-state index >= 15 is 0 Å². The van der Waals surface area contributed by atoms with Crippen molar-refractivity contribution < 1.29 is 9.53 Å². The molecule has 2 aromatic rings. The zero-order valence-corrected chi connectivity index (χ0v) is 14.8. The average molecular weight is 335 g/mol. The number of hydrogen-bond acceptors (Lipinski definition) is 3. The first-order valence-electron chi connectivity index (χ1n) is 8.97. The quantitative estimate of drug-likeness (QED) is 0.751. The molecule has 0 saturated carbocycles. The monoisotopic (exact) mass is 335 g/mol. The number of carbonyl (C=O) groups is 1. The lowest BCUT2D eigenvalue weighted by Crippen LogP contribution is -2.30. The fraction of sp³-hybridized carbons (Fsp3) is 0.318. The van der Waals surface area contributed by atoms with Crippen LogP contribution in [0.5, 0.6) is 0 Å². The van der Waals surface area contributed by atoms with Crippen molar-refractivity contribution in [1.82, 2.24) is 4.90 Å². The molecule has 3 rings (SSSR count). The Morgan fingerprint density at radius 2 is 1.72 bits per heavy atom. The Morgan fingerprint density at radius 1 is 1.04 bits per heavy atom. The lowest BCUT2D eigenvalue weighted by atomic mass is 10.00. The predicted octanol–water partition coefficient (Wildman–Crippen LogP) is 4.54. The molecule has 0 bridgehead atoms. The molecule has 1 fully saturated rings. The van der Waals surface area contributed by atoms with Gasteiger partial charge in [0, 0.05) is 19.6 Å². The third-order valence-electron chi connectivity index (χ3n) is 4.54. The van der Waals surface area contributed by atoms with Gasteiger partial charge in [-0.2, -0.15) is 0 Å². The smallest absolute Gasteiger partial charge is 0.338 e. The van der Waals surface area contributed by atoms with Gasteiger partial charge in [0.1, 0.15) is 0 Å². The second-order valence-electron chi connectivity index (χ2n) is 6.41. The summed E-state index contributed by atoms with van der Waals surface area (Å²) in [7, 11) is 0. The molecule has 0 aliphatic carbocycles. The van der Waals surface area contributed by atoms with Gasteiger partial charge in [-0.25, -0.2) is 4.79 Å². The van der Waals surface area contributed by atoms with Crippen molar-refractivity contribution in [2.24, 2.45) is 0 Å². The van der Waals surface area contributed by atoms with E-state index in [4.69, 9.17) is 4.74 Å². The highest BCUT2D eigenvalue weighted by Crippen LogP contribution is 2.21. The van der Waals surface area contributed by atoms with Crippen LogP contribution in [0.3, 0.4) is 0 Å². The molecule has 1 aliphatic rings. The molecule has 0 amide bonds. The summed E-state index contributed by atoms with van der Waals surface area (Å²) < 4.78 is 5.02. The van der Waals surface area contributed by atoms with E-state index in [1.165, 1.54) is 11.1 Å². The molecule has 0 radical (unpaired) electrons. The van der Waals surface area contributed by atoms with Gasteiger partial charge >= 0.3 is 5.97 Å². The number of hydrogen-bond donors (Lipinski definition) is 0. The van der Waals surface area contributed by atoms with Crippen molar-refractivity contribution in [2.45, 2.75) is 26.3 Å². The zero-order chi connectivity index (χ0) is 17.5. The maximum Gasteiger partial charge on any atom is 0.338 e. The first kappa shape index (κ1) is 17.4. The highest BCUT2D eigenvalue weighted by molar-refractivity contribution is 5.89.